The number of aryl methyl sites for hydroxylation is 1. The molecule has 6 heteroatoms. The lowest BCUT2D eigenvalue weighted by Crippen LogP contribution is -2.11. The van der Waals surface area contributed by atoms with E-state index in [1.807, 2.05) is 0 Å². The van der Waals surface area contributed by atoms with Gasteiger partial charge in [0.05, 0.1) is 5.56 Å². The van der Waals surface area contributed by atoms with Gasteiger partial charge in [-0.1, -0.05) is 0 Å². The molecule has 0 aromatic heterocycles. The fourth-order valence-electron chi connectivity index (χ4n) is 1.17. The smallest absolute Gasteiger partial charge is 0.419 e. The maximum absolute atomic E-state index is 13.4. The first kappa shape index (κ1) is 12.8. The third-order valence-electron chi connectivity index (χ3n) is 1.82. The van der Waals surface area contributed by atoms with E-state index in [0.717, 1.165) is 6.07 Å². The van der Waals surface area contributed by atoms with Crippen molar-refractivity contribution in [3.63, 3.8) is 0 Å². The Balaban J connectivity index is 3.16. The average Bonchev–Trinajstić information content (AvgIpc) is 2.17. The second-order valence-electron chi connectivity index (χ2n) is 3.17. The molecule has 0 fully saturated rings. The minimum absolute atomic E-state index is 0.264. The molecule has 1 aromatic rings. The summed E-state index contributed by atoms with van der Waals surface area (Å²) in [6, 6.07) is 1.92. The van der Waals surface area contributed by atoms with Crippen molar-refractivity contribution in [1.29, 1.82) is 0 Å². The molecule has 0 atom stereocenters. The summed E-state index contributed by atoms with van der Waals surface area (Å²) in [5.41, 5.74) is -1.07. The highest BCUT2D eigenvalue weighted by Gasteiger charge is 2.35. The molecule has 0 N–H and O–H groups in total. The fraction of sp³-hybridized carbons (Fsp3) is 0.400. The predicted molar refractivity (Wildman–Crippen MR) is 48.6 cm³/mol. The van der Waals surface area contributed by atoms with E-state index in [9.17, 15) is 17.6 Å². The second kappa shape index (κ2) is 4.69. The van der Waals surface area contributed by atoms with Gasteiger partial charge in [-0.3, -0.25) is 0 Å². The van der Waals surface area contributed by atoms with Gasteiger partial charge in [0.25, 0.3) is 0 Å². The van der Waals surface area contributed by atoms with E-state index in [-0.39, 0.29) is 12.4 Å². The van der Waals surface area contributed by atoms with E-state index >= 15 is 0 Å². The number of rotatable bonds is 3. The van der Waals surface area contributed by atoms with Gasteiger partial charge in [0, 0.05) is 7.11 Å². The molecular weight excluding hydrogens is 228 g/mol. The maximum Gasteiger partial charge on any atom is 0.419 e. The van der Waals surface area contributed by atoms with E-state index in [1.54, 1.807) is 0 Å². The first-order valence-corrected chi connectivity index (χ1v) is 4.35. The predicted octanol–water partition coefficient (Wildman–Crippen LogP) is 3.14. The summed E-state index contributed by atoms with van der Waals surface area (Å²) in [5, 5.41) is 0. The van der Waals surface area contributed by atoms with Crippen molar-refractivity contribution in [3.8, 4) is 5.75 Å². The van der Waals surface area contributed by atoms with Crippen LogP contribution in [0.5, 0.6) is 5.75 Å². The summed E-state index contributed by atoms with van der Waals surface area (Å²) in [6.07, 6.45) is -4.73. The highest BCUT2D eigenvalue weighted by molar-refractivity contribution is 5.37. The van der Waals surface area contributed by atoms with Gasteiger partial charge in [0.15, 0.2) is 18.4 Å². The Labute approximate surface area is 89.8 Å². The largest absolute Gasteiger partial charge is 0.464 e. The lowest BCUT2D eigenvalue weighted by Gasteiger charge is -2.13. The molecular formula is C10H10F4O2. The van der Waals surface area contributed by atoms with E-state index in [2.05, 4.69) is 4.74 Å². The molecule has 0 saturated carbocycles. The Morgan fingerprint density at radius 3 is 2.38 bits per heavy atom. The first-order valence-electron chi connectivity index (χ1n) is 4.35. The van der Waals surface area contributed by atoms with Crippen LogP contribution >= 0.6 is 0 Å². The zero-order valence-electron chi connectivity index (χ0n) is 8.69. The lowest BCUT2D eigenvalue weighted by atomic mass is 10.1. The van der Waals surface area contributed by atoms with Crippen LogP contribution in [0, 0.1) is 12.7 Å². The van der Waals surface area contributed by atoms with Crippen LogP contribution in [-0.4, -0.2) is 13.9 Å². The second-order valence-corrected chi connectivity index (χ2v) is 3.17. The molecule has 0 unspecified atom stereocenters. The lowest BCUT2D eigenvalue weighted by molar-refractivity contribution is -0.140. The van der Waals surface area contributed by atoms with Gasteiger partial charge in [-0.15, -0.1) is 0 Å². The SMILES string of the molecule is COCOc1cc(C)cc(C(F)(F)F)c1F. The van der Waals surface area contributed by atoms with Gasteiger partial charge in [-0.05, 0) is 24.6 Å². The minimum Gasteiger partial charge on any atom is -0.464 e. The standard InChI is InChI=1S/C10H10F4O2/c1-6-3-7(10(12,13)14)9(11)8(4-6)16-5-15-2/h3-4H,5H2,1-2H3. The van der Waals surface area contributed by atoms with Gasteiger partial charge >= 0.3 is 6.18 Å². The van der Waals surface area contributed by atoms with Crippen LogP contribution in [0.25, 0.3) is 0 Å². The number of ether oxygens (including phenoxy) is 2. The minimum atomic E-state index is -4.73. The highest BCUT2D eigenvalue weighted by Crippen LogP contribution is 2.35. The molecule has 0 amide bonds. The van der Waals surface area contributed by atoms with E-state index in [1.165, 1.54) is 20.1 Å². The van der Waals surface area contributed by atoms with Gasteiger partial charge in [-0.2, -0.15) is 13.2 Å². The quantitative estimate of drug-likeness (QED) is 0.595. The Morgan fingerprint density at radius 1 is 1.25 bits per heavy atom. The van der Waals surface area contributed by atoms with Crippen molar-refractivity contribution in [3.05, 3.63) is 29.1 Å². The molecule has 0 saturated heterocycles. The number of halogens is 4. The zero-order chi connectivity index (χ0) is 12.3. The number of benzene rings is 1. The van der Waals surface area contributed by atoms with E-state index < -0.39 is 23.3 Å². The molecule has 0 bridgehead atoms. The van der Waals surface area contributed by atoms with Crippen molar-refractivity contribution >= 4 is 0 Å². The van der Waals surface area contributed by atoms with Crippen LogP contribution in [0.15, 0.2) is 12.1 Å². The summed E-state index contributed by atoms with van der Waals surface area (Å²) >= 11 is 0. The van der Waals surface area contributed by atoms with Crippen molar-refractivity contribution in [2.75, 3.05) is 13.9 Å². The summed E-state index contributed by atoms with van der Waals surface area (Å²) in [4.78, 5) is 0. The summed E-state index contributed by atoms with van der Waals surface area (Å²) in [7, 11) is 1.29. The summed E-state index contributed by atoms with van der Waals surface area (Å²) < 4.78 is 59.8. The van der Waals surface area contributed by atoms with Gasteiger partial charge in [0.2, 0.25) is 0 Å². The Hall–Kier alpha value is -1.30. The molecule has 0 aliphatic carbocycles. The Morgan fingerprint density at radius 2 is 1.88 bits per heavy atom. The third kappa shape index (κ3) is 2.85. The number of hydrogen-bond donors (Lipinski definition) is 0. The monoisotopic (exact) mass is 238 g/mol. The van der Waals surface area contributed by atoms with Crippen LogP contribution in [0.1, 0.15) is 11.1 Å². The fourth-order valence-corrected chi connectivity index (χ4v) is 1.17. The third-order valence-corrected chi connectivity index (χ3v) is 1.82. The molecule has 1 aromatic carbocycles. The summed E-state index contributed by atoms with van der Waals surface area (Å²) in [5.74, 6) is -1.88. The number of alkyl halides is 3. The van der Waals surface area contributed by atoms with Gasteiger partial charge in [0.1, 0.15) is 0 Å². The molecule has 16 heavy (non-hydrogen) atoms. The molecule has 0 radical (unpaired) electrons. The topological polar surface area (TPSA) is 18.5 Å². The van der Waals surface area contributed by atoms with Crippen LogP contribution in [-0.2, 0) is 10.9 Å². The van der Waals surface area contributed by atoms with Crippen molar-refractivity contribution in [2.24, 2.45) is 0 Å². The van der Waals surface area contributed by atoms with E-state index in [0.29, 0.717) is 0 Å². The Bertz CT molecular complexity index is 374. The van der Waals surface area contributed by atoms with Gasteiger partial charge in [-0.25, -0.2) is 4.39 Å². The van der Waals surface area contributed by atoms with Crippen molar-refractivity contribution < 1.29 is 27.0 Å². The first-order chi connectivity index (χ1) is 7.36. The zero-order valence-corrected chi connectivity index (χ0v) is 8.69. The molecule has 2 nitrogen and oxygen atoms in total. The van der Waals surface area contributed by atoms with Crippen LogP contribution in [0.2, 0.25) is 0 Å². The van der Waals surface area contributed by atoms with Crippen LogP contribution in [0.3, 0.4) is 0 Å². The Kier molecular flexibility index (Phi) is 3.74. The molecule has 1 rings (SSSR count). The van der Waals surface area contributed by atoms with Crippen molar-refractivity contribution in [2.45, 2.75) is 13.1 Å². The van der Waals surface area contributed by atoms with Crippen LogP contribution < -0.4 is 4.74 Å². The average molecular weight is 238 g/mol. The molecule has 0 heterocycles. The van der Waals surface area contributed by atoms with Crippen LogP contribution in [0.4, 0.5) is 17.6 Å². The normalized spacial score (nSPS) is 11.6. The number of methoxy groups -OCH3 is 1. The number of hydrogen-bond acceptors (Lipinski definition) is 2. The van der Waals surface area contributed by atoms with Gasteiger partial charge < -0.3 is 9.47 Å². The summed E-state index contributed by atoms with van der Waals surface area (Å²) in [6.45, 7) is 1.12. The van der Waals surface area contributed by atoms with E-state index in [4.69, 9.17) is 4.74 Å². The molecule has 0 aliphatic rings. The van der Waals surface area contributed by atoms with Crippen molar-refractivity contribution in [1.82, 2.24) is 0 Å². The highest BCUT2D eigenvalue weighted by atomic mass is 19.4. The molecule has 0 spiro atoms. The molecule has 0 aliphatic heterocycles. The maximum atomic E-state index is 13.4. The molecule has 90 valence electrons.